The first kappa shape index (κ1) is 16.4. The number of hydrogen-bond donors (Lipinski definition) is 0. The van der Waals surface area contributed by atoms with Crippen molar-refractivity contribution in [3.8, 4) is 0 Å². The topological polar surface area (TPSA) is 30.0 Å². The van der Waals surface area contributed by atoms with Crippen LogP contribution >= 0.6 is 11.3 Å². The standard InChI is InChI=1S/C23H25NOS/c1-22(2)12-16-11-18-21(26-14-24-18)23(20(16)19(25)13-22)10-6-5-8-15-7-3-4-9-17(15)23/h3-4,7,9,14H,5-6,8,10-13H2,1-2H3/t23-/m0/s1. The number of rotatable bonds is 0. The second-order valence-corrected chi connectivity index (χ2v) is 9.85. The van der Waals surface area contributed by atoms with Gasteiger partial charge >= 0.3 is 0 Å². The van der Waals surface area contributed by atoms with Gasteiger partial charge in [-0.25, -0.2) is 4.98 Å². The summed E-state index contributed by atoms with van der Waals surface area (Å²) in [6.45, 7) is 4.47. The lowest BCUT2D eigenvalue weighted by atomic mass is 9.58. The number of benzene rings is 1. The summed E-state index contributed by atoms with van der Waals surface area (Å²) in [6, 6.07) is 8.86. The van der Waals surface area contributed by atoms with Gasteiger partial charge in [-0.15, -0.1) is 11.3 Å². The monoisotopic (exact) mass is 363 g/mol. The highest BCUT2D eigenvalue weighted by Crippen LogP contribution is 2.56. The fourth-order valence-electron chi connectivity index (χ4n) is 5.69. The van der Waals surface area contributed by atoms with Gasteiger partial charge in [-0.3, -0.25) is 4.79 Å². The number of ketones is 1. The summed E-state index contributed by atoms with van der Waals surface area (Å²) in [5, 5.41) is 0. The van der Waals surface area contributed by atoms with Crippen molar-refractivity contribution in [2.45, 2.75) is 64.2 Å². The van der Waals surface area contributed by atoms with Gasteiger partial charge in [0.05, 0.1) is 16.6 Å². The Labute approximate surface area is 159 Å². The molecular weight excluding hydrogens is 338 g/mol. The van der Waals surface area contributed by atoms with Crippen LogP contribution in [0.25, 0.3) is 0 Å². The Morgan fingerprint density at radius 3 is 2.85 bits per heavy atom. The SMILES string of the molecule is CC1(C)CC(=O)C2=C(Cc3ncsc3[C@]23CCCCc2ccccc23)C1. The largest absolute Gasteiger partial charge is 0.294 e. The average Bonchev–Trinajstić information content (AvgIpc) is 2.98. The number of aryl methyl sites for hydroxylation is 1. The molecule has 5 rings (SSSR count). The second-order valence-electron chi connectivity index (χ2n) is 8.99. The maximum Gasteiger partial charge on any atom is 0.160 e. The molecule has 0 bridgehead atoms. The minimum atomic E-state index is -0.245. The fourth-order valence-corrected chi connectivity index (χ4v) is 6.75. The Morgan fingerprint density at radius 1 is 1.12 bits per heavy atom. The lowest BCUT2D eigenvalue weighted by molar-refractivity contribution is -0.118. The van der Waals surface area contributed by atoms with Gasteiger partial charge in [0.1, 0.15) is 0 Å². The number of nitrogens with zero attached hydrogens (tertiary/aromatic N) is 1. The molecule has 2 nitrogen and oxygen atoms in total. The van der Waals surface area contributed by atoms with Gasteiger partial charge in [-0.05, 0) is 42.2 Å². The van der Waals surface area contributed by atoms with Crippen molar-refractivity contribution in [3.05, 3.63) is 62.6 Å². The number of carbonyl (C=O) groups is 1. The van der Waals surface area contributed by atoms with E-state index in [1.807, 2.05) is 5.51 Å². The lowest BCUT2D eigenvalue weighted by Gasteiger charge is -2.45. The zero-order chi connectivity index (χ0) is 17.9. The van der Waals surface area contributed by atoms with Gasteiger partial charge < -0.3 is 0 Å². The van der Waals surface area contributed by atoms with Crippen molar-refractivity contribution in [1.82, 2.24) is 4.98 Å². The van der Waals surface area contributed by atoms with E-state index in [0.717, 1.165) is 31.3 Å². The number of allylic oxidation sites excluding steroid dienone is 2. The molecule has 3 aliphatic carbocycles. The Kier molecular flexibility index (Phi) is 3.56. The predicted molar refractivity (Wildman–Crippen MR) is 106 cm³/mol. The second kappa shape index (κ2) is 5.63. The smallest absolute Gasteiger partial charge is 0.160 e. The van der Waals surface area contributed by atoms with Crippen molar-refractivity contribution in [2.75, 3.05) is 0 Å². The van der Waals surface area contributed by atoms with Crippen molar-refractivity contribution in [1.29, 1.82) is 0 Å². The maximum absolute atomic E-state index is 13.5. The molecule has 0 amide bonds. The number of fused-ring (bicyclic) bond motifs is 5. The molecule has 3 aliphatic rings. The van der Waals surface area contributed by atoms with Crippen LogP contribution in [0, 0.1) is 5.41 Å². The summed E-state index contributed by atoms with van der Waals surface area (Å²) in [6.07, 6.45) is 7.10. The molecule has 1 atom stereocenters. The van der Waals surface area contributed by atoms with Crippen LogP contribution in [0.1, 0.15) is 67.6 Å². The normalized spacial score (nSPS) is 26.9. The number of Topliss-reactive ketones (excluding diaryl/α,β-unsaturated/α-hetero) is 1. The van der Waals surface area contributed by atoms with E-state index in [4.69, 9.17) is 4.98 Å². The lowest BCUT2D eigenvalue weighted by Crippen LogP contribution is -2.42. The minimum Gasteiger partial charge on any atom is -0.294 e. The Balaban J connectivity index is 1.85. The molecule has 1 aromatic heterocycles. The molecule has 0 radical (unpaired) electrons. The van der Waals surface area contributed by atoms with Crippen LogP contribution in [0.5, 0.6) is 0 Å². The first-order valence-electron chi connectivity index (χ1n) is 9.78. The molecule has 1 heterocycles. The number of aromatic nitrogens is 1. The van der Waals surface area contributed by atoms with E-state index in [1.165, 1.54) is 40.1 Å². The van der Waals surface area contributed by atoms with E-state index in [-0.39, 0.29) is 10.8 Å². The summed E-state index contributed by atoms with van der Waals surface area (Å²) in [4.78, 5) is 19.6. The van der Waals surface area contributed by atoms with Crippen LogP contribution in [-0.2, 0) is 23.1 Å². The van der Waals surface area contributed by atoms with E-state index < -0.39 is 0 Å². The van der Waals surface area contributed by atoms with Crippen molar-refractivity contribution >= 4 is 17.1 Å². The van der Waals surface area contributed by atoms with E-state index in [2.05, 4.69) is 38.1 Å². The molecule has 2 aromatic rings. The summed E-state index contributed by atoms with van der Waals surface area (Å²) in [5.74, 6) is 0.381. The number of hydrogen-bond acceptors (Lipinski definition) is 3. The highest BCUT2D eigenvalue weighted by atomic mass is 32.1. The average molecular weight is 364 g/mol. The van der Waals surface area contributed by atoms with Gasteiger partial charge in [0.15, 0.2) is 5.78 Å². The molecule has 0 saturated carbocycles. The third-order valence-corrected chi connectivity index (χ3v) is 7.56. The third kappa shape index (κ3) is 2.22. The summed E-state index contributed by atoms with van der Waals surface area (Å²) in [7, 11) is 0. The van der Waals surface area contributed by atoms with Crippen molar-refractivity contribution in [2.24, 2.45) is 5.41 Å². The molecular formula is C23H25NOS. The molecule has 1 aromatic carbocycles. The molecule has 26 heavy (non-hydrogen) atoms. The van der Waals surface area contributed by atoms with Crippen LogP contribution in [0.3, 0.4) is 0 Å². The van der Waals surface area contributed by atoms with Crippen molar-refractivity contribution in [3.63, 3.8) is 0 Å². The third-order valence-electron chi connectivity index (χ3n) is 6.52. The highest BCUT2D eigenvalue weighted by molar-refractivity contribution is 7.10. The fraction of sp³-hybridized carbons (Fsp3) is 0.478. The van der Waals surface area contributed by atoms with Gasteiger partial charge in [0, 0.05) is 23.3 Å². The molecule has 0 unspecified atom stereocenters. The first-order chi connectivity index (χ1) is 12.5. The van der Waals surface area contributed by atoms with Gasteiger partial charge in [-0.1, -0.05) is 50.1 Å². The Morgan fingerprint density at radius 2 is 1.96 bits per heavy atom. The van der Waals surface area contributed by atoms with Gasteiger partial charge in [-0.2, -0.15) is 0 Å². The van der Waals surface area contributed by atoms with Gasteiger partial charge in [0.25, 0.3) is 0 Å². The molecule has 1 spiro atoms. The molecule has 0 N–H and O–H groups in total. The summed E-state index contributed by atoms with van der Waals surface area (Å²) in [5.41, 5.74) is 8.34. The Hall–Kier alpha value is -1.74. The molecule has 134 valence electrons. The zero-order valence-electron chi connectivity index (χ0n) is 15.6. The predicted octanol–water partition coefficient (Wildman–Crippen LogP) is 5.40. The minimum absolute atomic E-state index is 0.0644. The first-order valence-corrected chi connectivity index (χ1v) is 10.7. The van der Waals surface area contributed by atoms with Crippen LogP contribution in [0.15, 0.2) is 40.9 Å². The van der Waals surface area contributed by atoms with Crippen LogP contribution < -0.4 is 0 Å². The molecule has 0 fully saturated rings. The quantitative estimate of drug-likeness (QED) is 0.627. The zero-order valence-corrected chi connectivity index (χ0v) is 16.4. The van der Waals surface area contributed by atoms with Crippen LogP contribution in [-0.4, -0.2) is 10.8 Å². The maximum atomic E-state index is 13.5. The van der Waals surface area contributed by atoms with E-state index in [1.54, 1.807) is 11.3 Å². The molecule has 0 saturated heterocycles. The van der Waals surface area contributed by atoms with Crippen molar-refractivity contribution < 1.29 is 4.79 Å². The summed E-state index contributed by atoms with van der Waals surface area (Å²) >= 11 is 1.76. The van der Waals surface area contributed by atoms with Gasteiger partial charge in [0.2, 0.25) is 0 Å². The van der Waals surface area contributed by atoms with E-state index in [9.17, 15) is 4.79 Å². The van der Waals surface area contributed by atoms with E-state index >= 15 is 0 Å². The highest BCUT2D eigenvalue weighted by Gasteiger charge is 2.51. The van der Waals surface area contributed by atoms with Crippen LogP contribution in [0.4, 0.5) is 0 Å². The molecule has 3 heteroatoms. The van der Waals surface area contributed by atoms with E-state index in [0.29, 0.717) is 12.2 Å². The summed E-state index contributed by atoms with van der Waals surface area (Å²) < 4.78 is 0. The molecule has 0 aliphatic heterocycles. The van der Waals surface area contributed by atoms with Crippen LogP contribution in [0.2, 0.25) is 0 Å². The Bertz CT molecular complexity index is 935. The number of carbonyl (C=O) groups excluding carboxylic acids is 1. The number of thiazole rings is 1.